The fourth-order valence-electron chi connectivity index (χ4n) is 4.45. The Morgan fingerprint density at radius 1 is 1.19 bits per heavy atom. The number of nitrogens with two attached hydrogens (primary N) is 1. The number of fused-ring (bicyclic) bond motifs is 6. The Kier molecular flexibility index (Phi) is 4.07. The second kappa shape index (κ2) is 6.72. The van der Waals surface area contributed by atoms with Crippen LogP contribution in [0.3, 0.4) is 0 Å². The number of carbonyl (C=O) groups is 2. The summed E-state index contributed by atoms with van der Waals surface area (Å²) in [5, 5.41) is 10.4. The number of amides is 1. The summed E-state index contributed by atoms with van der Waals surface area (Å²) < 4.78 is 16.0. The van der Waals surface area contributed by atoms with E-state index < -0.39 is 29.5 Å². The van der Waals surface area contributed by atoms with Gasteiger partial charge >= 0.3 is 11.6 Å². The molecule has 3 heterocycles. The van der Waals surface area contributed by atoms with E-state index in [0.717, 1.165) is 0 Å². The first-order valence-electron chi connectivity index (χ1n) is 9.58. The number of methoxy groups -OCH3 is 1. The average Bonchev–Trinajstić information content (AvgIpc) is 3.02. The van der Waals surface area contributed by atoms with Crippen molar-refractivity contribution in [3.05, 3.63) is 81.5 Å². The molecule has 0 fully saturated rings. The quantitative estimate of drug-likeness (QED) is 0.480. The van der Waals surface area contributed by atoms with Crippen molar-refractivity contribution in [1.82, 2.24) is 0 Å². The molecule has 0 saturated heterocycles. The lowest BCUT2D eigenvalue weighted by atomic mass is 9.69. The third-order valence-electron chi connectivity index (χ3n) is 5.77. The molecule has 5 rings (SSSR count). The van der Waals surface area contributed by atoms with Crippen LogP contribution >= 0.6 is 0 Å². The minimum Gasteiger partial charge on any atom is -0.468 e. The number of nitriles is 1. The van der Waals surface area contributed by atoms with Gasteiger partial charge in [0.25, 0.3) is 0 Å². The summed E-state index contributed by atoms with van der Waals surface area (Å²) >= 11 is 0. The van der Waals surface area contributed by atoms with Crippen LogP contribution in [0.15, 0.2) is 69.2 Å². The molecule has 9 nitrogen and oxygen atoms in total. The van der Waals surface area contributed by atoms with Gasteiger partial charge in [0.2, 0.25) is 11.8 Å². The maximum absolute atomic E-state index is 14.0. The van der Waals surface area contributed by atoms with Crippen molar-refractivity contribution in [3.63, 3.8) is 0 Å². The predicted molar refractivity (Wildman–Crippen MR) is 112 cm³/mol. The number of nitrogens with zero attached hydrogens (tertiary/aromatic N) is 2. The SMILES string of the molecule is COC(=O)CN1C(=O)[C@]2(C(C#N)=C(N)Oc3c2c(=O)oc2ccccc32)c2ccccc21. The summed E-state index contributed by atoms with van der Waals surface area (Å²) in [5.41, 5.74) is 3.86. The van der Waals surface area contributed by atoms with Gasteiger partial charge in [0, 0.05) is 11.3 Å². The fourth-order valence-corrected chi connectivity index (χ4v) is 4.45. The molecule has 1 amide bonds. The van der Waals surface area contributed by atoms with Crippen molar-refractivity contribution >= 4 is 28.5 Å². The Labute approximate surface area is 180 Å². The second-order valence-corrected chi connectivity index (χ2v) is 7.28. The first-order valence-corrected chi connectivity index (χ1v) is 9.58. The van der Waals surface area contributed by atoms with Gasteiger partial charge in [-0.3, -0.25) is 14.5 Å². The van der Waals surface area contributed by atoms with Crippen LogP contribution in [0.5, 0.6) is 5.75 Å². The van der Waals surface area contributed by atoms with E-state index in [1.54, 1.807) is 48.5 Å². The highest BCUT2D eigenvalue weighted by molar-refractivity contribution is 6.16. The smallest absolute Gasteiger partial charge is 0.345 e. The van der Waals surface area contributed by atoms with E-state index in [1.807, 2.05) is 6.07 Å². The Bertz CT molecular complexity index is 1460. The van der Waals surface area contributed by atoms with E-state index >= 15 is 0 Å². The summed E-state index contributed by atoms with van der Waals surface area (Å²) in [6, 6.07) is 15.2. The summed E-state index contributed by atoms with van der Waals surface area (Å²) in [6.07, 6.45) is 0. The minimum absolute atomic E-state index is 0.0384. The molecule has 0 saturated carbocycles. The maximum Gasteiger partial charge on any atom is 0.345 e. The topological polar surface area (TPSA) is 136 Å². The number of benzene rings is 2. The fraction of sp³-hybridized carbons (Fsp3) is 0.130. The molecule has 1 spiro atoms. The van der Waals surface area contributed by atoms with Gasteiger partial charge < -0.3 is 19.6 Å². The van der Waals surface area contributed by atoms with Gasteiger partial charge in [-0.05, 0) is 18.2 Å². The molecule has 0 bridgehead atoms. The zero-order valence-corrected chi connectivity index (χ0v) is 16.7. The van der Waals surface area contributed by atoms with Crippen molar-refractivity contribution in [2.75, 3.05) is 18.6 Å². The summed E-state index contributed by atoms with van der Waals surface area (Å²) in [5.74, 6) is -1.63. The lowest BCUT2D eigenvalue weighted by Crippen LogP contribution is -2.49. The number of hydrogen-bond acceptors (Lipinski definition) is 8. The Hall–Kier alpha value is -4.58. The molecule has 2 aliphatic heterocycles. The summed E-state index contributed by atoms with van der Waals surface area (Å²) in [6.45, 7) is -0.415. The summed E-state index contributed by atoms with van der Waals surface area (Å²) in [4.78, 5) is 40.5. The van der Waals surface area contributed by atoms with Gasteiger partial charge in [-0.25, -0.2) is 4.79 Å². The van der Waals surface area contributed by atoms with E-state index in [1.165, 1.54) is 12.0 Å². The first-order chi connectivity index (χ1) is 15.4. The van der Waals surface area contributed by atoms with Crippen LogP contribution in [0.4, 0.5) is 5.69 Å². The minimum atomic E-state index is -1.93. The van der Waals surface area contributed by atoms with Crippen LogP contribution in [0.1, 0.15) is 11.1 Å². The Balaban J connectivity index is 1.93. The second-order valence-electron chi connectivity index (χ2n) is 7.28. The van der Waals surface area contributed by atoms with Crippen LogP contribution in [-0.4, -0.2) is 25.5 Å². The highest BCUT2D eigenvalue weighted by Gasteiger charge is 2.61. The van der Waals surface area contributed by atoms with Crippen molar-refractivity contribution < 1.29 is 23.5 Å². The van der Waals surface area contributed by atoms with Crippen LogP contribution in [0.2, 0.25) is 0 Å². The number of anilines is 1. The van der Waals surface area contributed by atoms with Gasteiger partial charge in [-0.2, -0.15) is 5.26 Å². The molecule has 3 aromatic rings. The monoisotopic (exact) mass is 429 g/mol. The number of hydrogen-bond donors (Lipinski definition) is 1. The van der Waals surface area contributed by atoms with Gasteiger partial charge in [-0.15, -0.1) is 0 Å². The lowest BCUT2D eigenvalue weighted by Gasteiger charge is -2.33. The molecule has 2 aromatic carbocycles. The molecule has 0 aliphatic carbocycles. The lowest BCUT2D eigenvalue weighted by molar-refractivity contribution is -0.140. The third kappa shape index (κ3) is 2.29. The van der Waals surface area contributed by atoms with E-state index in [9.17, 15) is 19.6 Å². The zero-order valence-electron chi connectivity index (χ0n) is 16.7. The van der Waals surface area contributed by atoms with Crippen molar-refractivity contribution in [1.29, 1.82) is 5.26 Å². The standard InChI is InChI=1S/C23H15N3O6/c1-30-17(27)11-26-15-8-4-3-7-13(15)23(22(26)29)14(10-24)20(25)32-19-12-6-2-5-9-16(12)31-21(28)18(19)23/h2-9H,11,25H2,1H3/t23-/m0/s1. The van der Waals surface area contributed by atoms with Gasteiger partial charge in [-0.1, -0.05) is 30.3 Å². The molecule has 2 N–H and O–H groups in total. The normalized spacial score (nSPS) is 18.9. The molecular formula is C23H15N3O6. The van der Waals surface area contributed by atoms with E-state index in [-0.39, 0.29) is 28.4 Å². The third-order valence-corrected chi connectivity index (χ3v) is 5.77. The van der Waals surface area contributed by atoms with Crippen LogP contribution < -0.4 is 21.0 Å². The molecule has 1 aromatic heterocycles. The number of carbonyl (C=O) groups excluding carboxylic acids is 2. The molecular weight excluding hydrogens is 414 g/mol. The predicted octanol–water partition coefficient (Wildman–Crippen LogP) is 1.68. The number of esters is 1. The summed E-state index contributed by atoms with van der Waals surface area (Å²) in [7, 11) is 1.20. The number of ether oxygens (including phenoxy) is 2. The first kappa shape index (κ1) is 19.4. The van der Waals surface area contributed by atoms with Gasteiger partial charge in [0.15, 0.2) is 11.2 Å². The van der Waals surface area contributed by atoms with Gasteiger partial charge in [0.05, 0.1) is 12.5 Å². The molecule has 32 heavy (non-hydrogen) atoms. The number of rotatable bonds is 2. The highest BCUT2D eigenvalue weighted by atomic mass is 16.5. The van der Waals surface area contributed by atoms with Crippen LogP contribution in [0.25, 0.3) is 11.0 Å². The largest absolute Gasteiger partial charge is 0.468 e. The maximum atomic E-state index is 14.0. The molecule has 0 radical (unpaired) electrons. The van der Waals surface area contributed by atoms with Crippen LogP contribution in [-0.2, 0) is 19.7 Å². The average molecular weight is 429 g/mol. The van der Waals surface area contributed by atoms with E-state index in [2.05, 4.69) is 0 Å². The highest BCUT2D eigenvalue weighted by Crippen LogP contribution is 2.55. The molecule has 1 atom stereocenters. The van der Waals surface area contributed by atoms with Gasteiger partial charge in [0.1, 0.15) is 29.3 Å². The molecule has 158 valence electrons. The number of para-hydroxylation sites is 2. The van der Waals surface area contributed by atoms with E-state index in [0.29, 0.717) is 16.6 Å². The van der Waals surface area contributed by atoms with Crippen LogP contribution in [0, 0.1) is 11.3 Å². The Morgan fingerprint density at radius 3 is 2.66 bits per heavy atom. The zero-order chi connectivity index (χ0) is 22.6. The molecule has 2 aliphatic rings. The molecule has 0 unspecified atom stereocenters. The van der Waals surface area contributed by atoms with Crippen molar-refractivity contribution in [3.8, 4) is 11.8 Å². The molecule has 9 heteroatoms. The van der Waals surface area contributed by atoms with Crippen molar-refractivity contribution in [2.45, 2.75) is 5.41 Å². The van der Waals surface area contributed by atoms with E-state index in [4.69, 9.17) is 19.6 Å². The Morgan fingerprint density at radius 2 is 1.91 bits per heavy atom. The van der Waals surface area contributed by atoms with Crippen molar-refractivity contribution in [2.24, 2.45) is 5.73 Å².